The Morgan fingerprint density at radius 2 is 2.00 bits per heavy atom. The number of thiazole rings is 1. The van der Waals surface area contributed by atoms with Crippen LogP contribution in [0.25, 0.3) is 22.2 Å². The van der Waals surface area contributed by atoms with Crippen molar-refractivity contribution in [3.05, 3.63) is 76.5 Å². The van der Waals surface area contributed by atoms with Crippen molar-refractivity contribution in [3.8, 4) is 11.3 Å². The summed E-state index contributed by atoms with van der Waals surface area (Å²) in [6.07, 6.45) is 4.19. The van der Waals surface area contributed by atoms with Gasteiger partial charge >= 0.3 is 0 Å². The first-order valence-electron chi connectivity index (χ1n) is 11.8. The molecule has 1 atom stereocenters. The van der Waals surface area contributed by atoms with Crippen LogP contribution < -0.4 is 0 Å². The maximum absolute atomic E-state index is 14.1. The highest BCUT2D eigenvalue weighted by atomic mass is 32.1. The average molecular weight is 477 g/mol. The molecule has 0 saturated carbocycles. The number of halogens is 1. The van der Waals surface area contributed by atoms with E-state index in [0.29, 0.717) is 18.7 Å². The molecule has 1 N–H and O–H groups in total. The number of aromatic nitrogens is 2. The van der Waals surface area contributed by atoms with E-state index < -0.39 is 5.92 Å². The van der Waals surface area contributed by atoms with E-state index in [2.05, 4.69) is 44.6 Å². The number of aromatic amines is 1. The Bertz CT molecular complexity index is 1260. The van der Waals surface area contributed by atoms with Crippen LogP contribution >= 0.6 is 11.3 Å². The number of benzene rings is 2. The van der Waals surface area contributed by atoms with Crippen molar-refractivity contribution >= 4 is 28.1 Å². The lowest BCUT2D eigenvalue weighted by Crippen LogP contribution is -2.49. The zero-order valence-corrected chi connectivity index (χ0v) is 20.2. The molecule has 1 fully saturated rings. The minimum Gasteiger partial charge on any atom is -0.361 e. The molecule has 0 radical (unpaired) electrons. The molecule has 2 aromatic heterocycles. The number of aryl methyl sites for hydroxylation is 1. The van der Waals surface area contributed by atoms with Crippen LogP contribution in [0.2, 0.25) is 0 Å². The number of carbonyl (C=O) groups is 1. The SMILES string of the molecule is C[C@H](C(=O)N1CCN(CCCc2c[nH]c3ccc(-c4cscn4)cc23)CC1)c1ccccc1F. The molecule has 176 valence electrons. The van der Waals surface area contributed by atoms with Gasteiger partial charge in [0.1, 0.15) is 5.82 Å². The lowest BCUT2D eigenvalue weighted by molar-refractivity contribution is -0.134. The fourth-order valence-electron chi connectivity index (χ4n) is 4.82. The Labute approximate surface area is 203 Å². The Hall–Kier alpha value is -3.03. The highest BCUT2D eigenvalue weighted by Gasteiger charge is 2.27. The molecule has 5 rings (SSSR count). The fraction of sp³-hybridized carbons (Fsp3) is 0.333. The molecule has 0 bridgehead atoms. The summed E-state index contributed by atoms with van der Waals surface area (Å²) < 4.78 is 14.1. The number of fused-ring (bicyclic) bond motifs is 1. The number of amides is 1. The highest BCUT2D eigenvalue weighted by molar-refractivity contribution is 7.07. The minimum absolute atomic E-state index is 0.0134. The number of nitrogens with one attached hydrogen (secondary N) is 1. The molecule has 0 aliphatic carbocycles. The number of H-pyrrole nitrogens is 1. The largest absolute Gasteiger partial charge is 0.361 e. The molecule has 1 amide bonds. The second-order valence-electron chi connectivity index (χ2n) is 8.96. The van der Waals surface area contributed by atoms with E-state index in [4.69, 9.17) is 0 Å². The molecule has 3 heterocycles. The molecule has 5 nitrogen and oxygen atoms in total. The Morgan fingerprint density at radius 3 is 2.76 bits per heavy atom. The van der Waals surface area contributed by atoms with E-state index in [1.807, 2.05) is 10.4 Å². The van der Waals surface area contributed by atoms with Crippen molar-refractivity contribution in [2.24, 2.45) is 0 Å². The third-order valence-electron chi connectivity index (χ3n) is 6.84. The molecule has 0 unspecified atom stereocenters. The van der Waals surface area contributed by atoms with Crippen molar-refractivity contribution in [1.82, 2.24) is 19.8 Å². The summed E-state index contributed by atoms with van der Waals surface area (Å²) >= 11 is 1.61. The molecule has 7 heteroatoms. The summed E-state index contributed by atoms with van der Waals surface area (Å²) in [7, 11) is 0. The van der Waals surface area contributed by atoms with Gasteiger partial charge in [0.15, 0.2) is 0 Å². The second kappa shape index (κ2) is 10.1. The van der Waals surface area contributed by atoms with Crippen molar-refractivity contribution in [2.75, 3.05) is 32.7 Å². The van der Waals surface area contributed by atoms with Crippen LogP contribution in [-0.2, 0) is 11.2 Å². The number of hydrogen-bond donors (Lipinski definition) is 1. The number of nitrogens with zero attached hydrogens (tertiary/aromatic N) is 3. The molecule has 0 spiro atoms. The summed E-state index contributed by atoms with van der Waals surface area (Å²) in [5.41, 5.74) is 7.01. The van der Waals surface area contributed by atoms with Crippen LogP contribution in [0.5, 0.6) is 0 Å². The molecule has 4 aromatic rings. The monoisotopic (exact) mass is 476 g/mol. The van der Waals surface area contributed by atoms with Crippen LogP contribution in [0.4, 0.5) is 4.39 Å². The lowest BCUT2D eigenvalue weighted by atomic mass is 9.98. The van der Waals surface area contributed by atoms with Gasteiger partial charge in [0, 0.05) is 54.2 Å². The van der Waals surface area contributed by atoms with E-state index in [9.17, 15) is 9.18 Å². The van der Waals surface area contributed by atoms with Crippen LogP contribution in [0.15, 0.2) is 59.6 Å². The minimum atomic E-state index is -0.455. The zero-order valence-electron chi connectivity index (χ0n) is 19.3. The van der Waals surface area contributed by atoms with Gasteiger partial charge in [-0.25, -0.2) is 9.37 Å². The summed E-state index contributed by atoms with van der Waals surface area (Å²) in [6.45, 7) is 5.91. The van der Waals surface area contributed by atoms with Gasteiger partial charge < -0.3 is 9.88 Å². The van der Waals surface area contributed by atoms with Gasteiger partial charge in [-0.3, -0.25) is 9.69 Å². The second-order valence-corrected chi connectivity index (χ2v) is 9.68. The summed E-state index contributed by atoms with van der Waals surface area (Å²) in [6, 6.07) is 13.1. The number of piperazine rings is 1. The third-order valence-corrected chi connectivity index (χ3v) is 7.43. The molecule has 2 aromatic carbocycles. The summed E-state index contributed by atoms with van der Waals surface area (Å²) in [4.78, 5) is 25.0. The summed E-state index contributed by atoms with van der Waals surface area (Å²) in [5, 5.41) is 3.35. The third kappa shape index (κ3) is 4.76. The van der Waals surface area contributed by atoms with Gasteiger partial charge in [0.05, 0.1) is 17.1 Å². The van der Waals surface area contributed by atoms with Crippen molar-refractivity contribution in [2.45, 2.75) is 25.7 Å². The van der Waals surface area contributed by atoms with Crippen molar-refractivity contribution < 1.29 is 9.18 Å². The number of hydrogen-bond acceptors (Lipinski definition) is 4. The smallest absolute Gasteiger partial charge is 0.230 e. The summed E-state index contributed by atoms with van der Waals surface area (Å²) in [5.74, 6) is -0.749. The van der Waals surface area contributed by atoms with Crippen LogP contribution in [0, 0.1) is 5.82 Å². The maximum atomic E-state index is 14.1. The van der Waals surface area contributed by atoms with E-state index in [0.717, 1.165) is 49.2 Å². The van der Waals surface area contributed by atoms with Gasteiger partial charge in [-0.05, 0) is 55.6 Å². The van der Waals surface area contributed by atoms with Gasteiger partial charge in [-0.15, -0.1) is 11.3 Å². The average Bonchev–Trinajstić information content (AvgIpc) is 3.54. The molecule has 34 heavy (non-hydrogen) atoms. The van der Waals surface area contributed by atoms with E-state index in [1.54, 1.807) is 36.5 Å². The van der Waals surface area contributed by atoms with Crippen molar-refractivity contribution in [3.63, 3.8) is 0 Å². The Kier molecular flexibility index (Phi) is 6.74. The first-order chi connectivity index (χ1) is 16.6. The Balaban J connectivity index is 1.13. The van der Waals surface area contributed by atoms with E-state index in [1.165, 1.54) is 17.0 Å². The zero-order chi connectivity index (χ0) is 23.5. The normalized spacial score (nSPS) is 15.6. The van der Waals surface area contributed by atoms with Gasteiger partial charge in [0.2, 0.25) is 5.91 Å². The topological polar surface area (TPSA) is 52.2 Å². The first kappa shape index (κ1) is 22.7. The van der Waals surface area contributed by atoms with Crippen LogP contribution in [0.3, 0.4) is 0 Å². The van der Waals surface area contributed by atoms with Crippen LogP contribution in [-0.4, -0.2) is 58.4 Å². The van der Waals surface area contributed by atoms with Gasteiger partial charge in [-0.1, -0.05) is 24.3 Å². The molecule has 1 aliphatic heterocycles. The molecule has 1 aliphatic rings. The fourth-order valence-corrected chi connectivity index (χ4v) is 5.38. The predicted molar refractivity (Wildman–Crippen MR) is 136 cm³/mol. The molecular formula is C27H29FN4OS. The Morgan fingerprint density at radius 1 is 1.18 bits per heavy atom. The molecule has 1 saturated heterocycles. The number of carbonyl (C=O) groups excluding carboxylic acids is 1. The quantitative estimate of drug-likeness (QED) is 0.393. The van der Waals surface area contributed by atoms with Gasteiger partial charge in [-0.2, -0.15) is 0 Å². The lowest BCUT2D eigenvalue weighted by Gasteiger charge is -2.36. The van der Waals surface area contributed by atoms with Crippen LogP contribution in [0.1, 0.15) is 30.4 Å². The van der Waals surface area contributed by atoms with Gasteiger partial charge in [0.25, 0.3) is 0 Å². The molecular weight excluding hydrogens is 447 g/mol. The predicted octanol–water partition coefficient (Wildman–Crippen LogP) is 5.31. The number of rotatable bonds is 7. The standard InChI is InChI=1S/C27H29FN4OS/c1-19(22-6-2-3-7-24(22)28)27(33)32-13-11-31(12-14-32)10-4-5-21-16-29-25-9-8-20(15-23(21)25)26-17-34-18-30-26/h2-3,6-9,15-19,29H,4-5,10-14H2,1H3/t19-/m0/s1. The van der Waals surface area contributed by atoms with E-state index in [-0.39, 0.29) is 11.7 Å². The first-order valence-corrected chi connectivity index (χ1v) is 12.8. The highest BCUT2D eigenvalue weighted by Crippen LogP contribution is 2.27. The van der Waals surface area contributed by atoms with E-state index >= 15 is 0 Å². The maximum Gasteiger partial charge on any atom is 0.230 e. The van der Waals surface area contributed by atoms with Crippen molar-refractivity contribution in [1.29, 1.82) is 0 Å².